The molecule has 2 aromatic rings. The molecule has 1 atom stereocenters. The van der Waals surface area contributed by atoms with Crippen LogP contribution >= 0.6 is 0 Å². The number of fused-ring (bicyclic) bond motifs is 1. The third kappa shape index (κ3) is 3.64. The fourth-order valence-corrected chi connectivity index (χ4v) is 2.21. The molecule has 0 saturated heterocycles. The van der Waals surface area contributed by atoms with Gasteiger partial charge in [-0.05, 0) is 26.2 Å². The van der Waals surface area contributed by atoms with E-state index < -0.39 is 0 Å². The van der Waals surface area contributed by atoms with Crippen LogP contribution in [0.5, 0.6) is 0 Å². The molecule has 3 N–H and O–H groups in total. The summed E-state index contributed by atoms with van der Waals surface area (Å²) in [6.45, 7) is 7.35. The van der Waals surface area contributed by atoms with E-state index >= 15 is 0 Å². The summed E-state index contributed by atoms with van der Waals surface area (Å²) in [5, 5.41) is 16.0. The maximum atomic E-state index is 9.26. The molecule has 0 aliphatic carbocycles. The Morgan fingerprint density at radius 1 is 1.38 bits per heavy atom. The van der Waals surface area contributed by atoms with Gasteiger partial charge in [0.05, 0.1) is 6.20 Å². The molecule has 0 aliphatic heterocycles. The van der Waals surface area contributed by atoms with E-state index in [1.807, 2.05) is 16.8 Å². The Morgan fingerprint density at radius 2 is 2.19 bits per heavy atom. The highest BCUT2D eigenvalue weighted by molar-refractivity contribution is 5.66. The Morgan fingerprint density at radius 3 is 2.86 bits per heavy atom. The molecule has 1 unspecified atom stereocenters. The van der Waals surface area contributed by atoms with Gasteiger partial charge in [0, 0.05) is 31.1 Å². The molecule has 6 nitrogen and oxygen atoms in total. The van der Waals surface area contributed by atoms with Crippen LogP contribution in [0.1, 0.15) is 40.0 Å². The summed E-state index contributed by atoms with van der Waals surface area (Å²) in [4.78, 5) is 9.00. The predicted molar refractivity (Wildman–Crippen MR) is 85.8 cm³/mol. The van der Waals surface area contributed by atoms with Crippen molar-refractivity contribution in [3.63, 3.8) is 0 Å². The smallest absolute Gasteiger partial charge is 0.180 e. The number of nitrogens with one attached hydrogen (secondary N) is 2. The average Bonchev–Trinajstić information content (AvgIpc) is 2.94. The van der Waals surface area contributed by atoms with Crippen molar-refractivity contribution in [2.45, 2.75) is 45.6 Å². The number of hydrogen-bond acceptors (Lipinski definition) is 5. The number of aliphatic hydroxyl groups excluding tert-OH is 1. The molecule has 0 radical (unpaired) electrons. The van der Waals surface area contributed by atoms with Gasteiger partial charge in [-0.15, -0.1) is 0 Å². The van der Waals surface area contributed by atoms with E-state index in [2.05, 4.69) is 41.4 Å². The zero-order valence-electron chi connectivity index (χ0n) is 13.1. The van der Waals surface area contributed by atoms with Crippen molar-refractivity contribution in [1.82, 2.24) is 14.4 Å². The summed E-state index contributed by atoms with van der Waals surface area (Å²) in [6, 6.07) is 0. The normalized spacial score (nSPS) is 14.1. The highest BCUT2D eigenvalue weighted by Crippen LogP contribution is 2.24. The summed E-state index contributed by atoms with van der Waals surface area (Å²) in [7, 11) is 0. The van der Waals surface area contributed by atoms with Gasteiger partial charge in [-0.25, -0.2) is 9.97 Å². The Balaban J connectivity index is 2.34. The van der Waals surface area contributed by atoms with Gasteiger partial charge in [-0.3, -0.25) is 0 Å². The van der Waals surface area contributed by atoms with Gasteiger partial charge in [-0.2, -0.15) is 0 Å². The molecule has 0 bridgehead atoms. The lowest BCUT2D eigenvalue weighted by Gasteiger charge is -2.29. The average molecular weight is 291 g/mol. The summed E-state index contributed by atoms with van der Waals surface area (Å²) in [5.41, 5.74) is 0.604. The number of aromatic nitrogens is 3. The summed E-state index contributed by atoms with van der Waals surface area (Å²) in [6.07, 6.45) is 8.23. The Hall–Kier alpha value is -1.82. The monoisotopic (exact) mass is 291 g/mol. The molecule has 0 spiro atoms. The largest absolute Gasteiger partial charge is 0.396 e. The first-order chi connectivity index (χ1) is 10.1. The number of imidazole rings is 1. The SMILES string of the molecule is CCCNc1cn2ccnc2c(NC(C)(CC)CCO)n1. The lowest BCUT2D eigenvalue weighted by Crippen LogP contribution is -2.35. The number of rotatable bonds is 8. The first kappa shape index (κ1) is 15.6. The molecule has 2 aromatic heterocycles. The van der Waals surface area contributed by atoms with E-state index in [1.165, 1.54) is 0 Å². The fraction of sp³-hybridized carbons (Fsp3) is 0.600. The Bertz CT molecular complexity index is 582. The molecule has 2 heterocycles. The molecule has 0 amide bonds. The number of anilines is 2. The van der Waals surface area contributed by atoms with Gasteiger partial charge in [-0.1, -0.05) is 13.8 Å². The summed E-state index contributed by atoms with van der Waals surface area (Å²) < 4.78 is 1.96. The van der Waals surface area contributed by atoms with Crippen LogP contribution < -0.4 is 10.6 Å². The molecule has 21 heavy (non-hydrogen) atoms. The fourth-order valence-electron chi connectivity index (χ4n) is 2.21. The minimum Gasteiger partial charge on any atom is -0.396 e. The molecular weight excluding hydrogens is 266 g/mol. The van der Waals surface area contributed by atoms with Gasteiger partial charge < -0.3 is 20.1 Å². The quantitative estimate of drug-likeness (QED) is 0.697. The van der Waals surface area contributed by atoms with E-state index in [4.69, 9.17) is 0 Å². The van der Waals surface area contributed by atoms with Gasteiger partial charge in [0.1, 0.15) is 5.82 Å². The third-order valence-electron chi connectivity index (χ3n) is 3.79. The highest BCUT2D eigenvalue weighted by Gasteiger charge is 2.23. The molecule has 0 aromatic carbocycles. The van der Waals surface area contributed by atoms with Crippen molar-refractivity contribution in [1.29, 1.82) is 0 Å². The highest BCUT2D eigenvalue weighted by atomic mass is 16.3. The molecule has 0 fully saturated rings. The minimum absolute atomic E-state index is 0.149. The van der Waals surface area contributed by atoms with Crippen LogP contribution in [0, 0.1) is 0 Å². The van der Waals surface area contributed by atoms with E-state index in [0.29, 0.717) is 6.42 Å². The maximum absolute atomic E-state index is 9.26. The topological polar surface area (TPSA) is 74.5 Å². The van der Waals surface area contributed by atoms with Crippen LogP contribution in [-0.2, 0) is 0 Å². The predicted octanol–water partition coefficient (Wildman–Crippen LogP) is 2.51. The second kappa shape index (κ2) is 6.76. The first-order valence-electron chi connectivity index (χ1n) is 7.58. The van der Waals surface area contributed by atoms with Crippen molar-refractivity contribution in [2.24, 2.45) is 0 Å². The van der Waals surface area contributed by atoms with Crippen LogP contribution in [0.3, 0.4) is 0 Å². The van der Waals surface area contributed by atoms with E-state index in [9.17, 15) is 5.11 Å². The summed E-state index contributed by atoms with van der Waals surface area (Å²) >= 11 is 0. The van der Waals surface area contributed by atoms with Gasteiger partial charge >= 0.3 is 0 Å². The van der Waals surface area contributed by atoms with Crippen LogP contribution in [0.4, 0.5) is 11.6 Å². The minimum atomic E-state index is -0.197. The van der Waals surface area contributed by atoms with Crippen molar-refractivity contribution in [3.8, 4) is 0 Å². The van der Waals surface area contributed by atoms with E-state index in [0.717, 1.165) is 36.7 Å². The molecule has 0 aliphatic rings. The van der Waals surface area contributed by atoms with Crippen LogP contribution in [0.2, 0.25) is 0 Å². The standard InChI is InChI=1S/C15H25N5O/c1-4-7-16-12-11-20-9-8-17-14(20)13(18-12)19-15(3,5-2)6-10-21/h8-9,11,16,21H,4-7,10H2,1-3H3,(H,18,19). The van der Waals surface area contributed by atoms with E-state index in [1.54, 1.807) is 6.20 Å². The summed E-state index contributed by atoms with van der Waals surface area (Å²) in [5.74, 6) is 1.58. The second-order valence-corrected chi connectivity index (χ2v) is 5.57. The molecule has 2 rings (SSSR count). The van der Waals surface area contributed by atoms with Crippen molar-refractivity contribution in [2.75, 3.05) is 23.8 Å². The van der Waals surface area contributed by atoms with Gasteiger partial charge in [0.15, 0.2) is 11.5 Å². The Kier molecular flexibility index (Phi) is 5.01. The van der Waals surface area contributed by atoms with Crippen LogP contribution in [-0.4, -0.2) is 38.2 Å². The molecule has 0 saturated carbocycles. The molecular formula is C15H25N5O. The number of hydrogen-bond donors (Lipinski definition) is 3. The third-order valence-corrected chi connectivity index (χ3v) is 3.79. The van der Waals surface area contributed by atoms with Crippen LogP contribution in [0.15, 0.2) is 18.6 Å². The number of aliphatic hydroxyl groups is 1. The lowest BCUT2D eigenvalue weighted by molar-refractivity contribution is 0.252. The van der Waals surface area contributed by atoms with Crippen LogP contribution in [0.25, 0.3) is 5.65 Å². The zero-order valence-corrected chi connectivity index (χ0v) is 13.1. The van der Waals surface area contributed by atoms with Gasteiger partial charge in [0.2, 0.25) is 0 Å². The zero-order chi connectivity index (χ0) is 15.3. The van der Waals surface area contributed by atoms with Crippen molar-refractivity contribution in [3.05, 3.63) is 18.6 Å². The van der Waals surface area contributed by atoms with Gasteiger partial charge in [0.25, 0.3) is 0 Å². The van der Waals surface area contributed by atoms with Crippen molar-refractivity contribution < 1.29 is 5.11 Å². The number of nitrogens with zero attached hydrogens (tertiary/aromatic N) is 3. The molecule has 6 heteroatoms. The molecule has 116 valence electrons. The Labute approximate surface area is 125 Å². The lowest BCUT2D eigenvalue weighted by atomic mass is 9.95. The first-order valence-corrected chi connectivity index (χ1v) is 7.58. The van der Waals surface area contributed by atoms with Crippen molar-refractivity contribution >= 4 is 17.3 Å². The second-order valence-electron chi connectivity index (χ2n) is 5.57. The maximum Gasteiger partial charge on any atom is 0.180 e. The van der Waals surface area contributed by atoms with E-state index in [-0.39, 0.29) is 12.1 Å².